The molecule has 0 N–H and O–H groups in total. The van der Waals surface area contributed by atoms with Gasteiger partial charge in [-0.2, -0.15) is 0 Å². The molecule has 0 radical (unpaired) electrons. The summed E-state index contributed by atoms with van der Waals surface area (Å²) >= 11 is 4.91. The van der Waals surface area contributed by atoms with Gasteiger partial charge < -0.3 is 9.69 Å². The highest BCUT2D eigenvalue weighted by Crippen LogP contribution is 2.33. The fraction of sp³-hybridized carbons (Fsp3) is 0.357. The number of terminal acetylenes is 1. The van der Waals surface area contributed by atoms with Gasteiger partial charge in [-0.05, 0) is 11.6 Å². The summed E-state index contributed by atoms with van der Waals surface area (Å²) in [5, 5.41) is 0. The molecule has 0 amide bonds. The van der Waals surface area contributed by atoms with Crippen LogP contribution in [0, 0.1) is 18.3 Å². The van der Waals surface area contributed by atoms with E-state index in [1.807, 2.05) is 18.9 Å². The van der Waals surface area contributed by atoms with Gasteiger partial charge >= 0.3 is 0 Å². The maximum atomic E-state index is 11.1. The first-order valence-electron chi connectivity index (χ1n) is 5.61. The second kappa shape index (κ2) is 6.27. The van der Waals surface area contributed by atoms with Crippen LogP contribution in [0.15, 0.2) is 23.4 Å². The van der Waals surface area contributed by atoms with Crippen LogP contribution >= 0.6 is 12.2 Å². The van der Waals surface area contributed by atoms with Crippen molar-refractivity contribution in [1.82, 2.24) is 4.90 Å². The minimum Gasteiger partial charge on any atom is -0.368 e. The van der Waals surface area contributed by atoms with Crippen LogP contribution in [0.4, 0.5) is 0 Å². The third-order valence-electron chi connectivity index (χ3n) is 3.25. The highest BCUT2D eigenvalue weighted by atomic mass is 32.1. The standard InChI is InChI=1S/C14H15NO2S/c1-4-11(18)5-6-12-10(2)13(7-8-16)15(3)14(12)9-17/h1,5-6,8-10,13H,7H2,2-3H3/b6-5+. The van der Waals surface area contributed by atoms with Crippen LogP contribution in [-0.2, 0) is 9.59 Å². The van der Waals surface area contributed by atoms with Crippen molar-refractivity contribution >= 4 is 29.7 Å². The average molecular weight is 261 g/mol. The van der Waals surface area contributed by atoms with Crippen LogP contribution in [0.3, 0.4) is 0 Å². The third-order valence-corrected chi connectivity index (χ3v) is 3.50. The van der Waals surface area contributed by atoms with Crippen molar-refractivity contribution in [3.63, 3.8) is 0 Å². The van der Waals surface area contributed by atoms with Crippen molar-refractivity contribution in [2.75, 3.05) is 7.05 Å². The molecular formula is C14H15NO2S. The number of likely N-dealkylation sites (N-methyl/N-ethyl adjacent to an activating group) is 1. The molecule has 1 aliphatic rings. The van der Waals surface area contributed by atoms with Gasteiger partial charge in [-0.3, -0.25) is 4.79 Å². The van der Waals surface area contributed by atoms with Gasteiger partial charge in [0.25, 0.3) is 0 Å². The smallest absolute Gasteiger partial charge is 0.166 e. The predicted molar refractivity (Wildman–Crippen MR) is 75.1 cm³/mol. The van der Waals surface area contributed by atoms with Gasteiger partial charge in [0.2, 0.25) is 0 Å². The first-order chi connectivity index (χ1) is 8.56. The van der Waals surface area contributed by atoms with Crippen LogP contribution in [0.25, 0.3) is 0 Å². The van der Waals surface area contributed by atoms with Crippen LogP contribution in [0.1, 0.15) is 13.3 Å². The number of allylic oxidation sites excluding steroid dienone is 3. The molecular weight excluding hydrogens is 246 g/mol. The van der Waals surface area contributed by atoms with E-state index in [2.05, 4.69) is 5.92 Å². The first-order valence-corrected chi connectivity index (χ1v) is 6.02. The van der Waals surface area contributed by atoms with Gasteiger partial charge in [0.05, 0.1) is 10.6 Å². The number of hydrogen-bond donors (Lipinski definition) is 0. The van der Waals surface area contributed by atoms with Gasteiger partial charge in [-0.15, -0.1) is 6.42 Å². The number of nitrogens with zero attached hydrogens (tertiary/aromatic N) is 1. The zero-order valence-corrected chi connectivity index (χ0v) is 11.2. The molecule has 18 heavy (non-hydrogen) atoms. The number of carbonyl (C=O) groups excluding carboxylic acids is 2. The fourth-order valence-electron chi connectivity index (χ4n) is 2.22. The van der Waals surface area contributed by atoms with Crippen molar-refractivity contribution in [3.05, 3.63) is 23.4 Å². The van der Waals surface area contributed by atoms with E-state index in [-0.39, 0.29) is 12.0 Å². The average Bonchev–Trinajstić information content (AvgIpc) is 2.60. The Kier molecular flexibility index (Phi) is 4.99. The molecule has 0 fully saturated rings. The lowest BCUT2D eigenvalue weighted by molar-refractivity contribution is -0.109. The van der Waals surface area contributed by atoms with Crippen molar-refractivity contribution < 1.29 is 9.59 Å². The number of carbonyl (C=O) groups is 2. The molecule has 4 heteroatoms. The zero-order valence-electron chi connectivity index (χ0n) is 10.4. The molecule has 1 rings (SSSR count). The summed E-state index contributed by atoms with van der Waals surface area (Å²) in [6.07, 6.45) is 10.7. The van der Waals surface area contributed by atoms with Crippen molar-refractivity contribution in [2.45, 2.75) is 19.4 Å². The molecule has 2 unspecified atom stereocenters. The molecule has 0 spiro atoms. The lowest BCUT2D eigenvalue weighted by Gasteiger charge is -2.24. The molecule has 0 saturated carbocycles. The fourth-order valence-corrected chi connectivity index (χ4v) is 2.29. The molecule has 0 bridgehead atoms. The Morgan fingerprint density at radius 2 is 2.22 bits per heavy atom. The highest BCUT2D eigenvalue weighted by molar-refractivity contribution is 7.81. The predicted octanol–water partition coefficient (Wildman–Crippen LogP) is 1.54. The van der Waals surface area contributed by atoms with E-state index in [1.54, 1.807) is 12.2 Å². The minimum atomic E-state index is 0.0155. The van der Waals surface area contributed by atoms with E-state index in [9.17, 15) is 9.59 Å². The molecule has 1 aliphatic heterocycles. The summed E-state index contributed by atoms with van der Waals surface area (Å²) < 4.78 is 0. The second-order valence-electron chi connectivity index (χ2n) is 4.17. The highest BCUT2D eigenvalue weighted by Gasteiger charge is 2.33. The molecule has 0 aromatic carbocycles. The zero-order chi connectivity index (χ0) is 13.7. The van der Waals surface area contributed by atoms with Gasteiger partial charge in [-0.25, -0.2) is 0 Å². The van der Waals surface area contributed by atoms with Gasteiger partial charge in [-0.1, -0.05) is 31.1 Å². The largest absolute Gasteiger partial charge is 0.368 e. The molecule has 94 valence electrons. The Labute approximate surface area is 113 Å². The van der Waals surface area contributed by atoms with Gasteiger partial charge in [0, 0.05) is 25.4 Å². The Balaban J connectivity index is 3.06. The van der Waals surface area contributed by atoms with Crippen LogP contribution in [0.5, 0.6) is 0 Å². The van der Waals surface area contributed by atoms with E-state index in [0.717, 1.165) is 18.1 Å². The monoisotopic (exact) mass is 261 g/mol. The number of thiocarbonyl (C=S) groups is 1. The molecule has 1 heterocycles. The maximum absolute atomic E-state index is 11.1. The van der Waals surface area contributed by atoms with Gasteiger partial charge in [0.15, 0.2) is 6.29 Å². The normalized spacial score (nSPS) is 23.3. The summed E-state index contributed by atoms with van der Waals surface area (Å²) in [4.78, 5) is 24.0. The molecule has 2 atom stereocenters. The Morgan fingerprint density at radius 1 is 1.56 bits per heavy atom. The van der Waals surface area contributed by atoms with Crippen molar-refractivity contribution in [2.24, 2.45) is 5.92 Å². The maximum Gasteiger partial charge on any atom is 0.166 e. The van der Waals surface area contributed by atoms with Crippen LogP contribution < -0.4 is 0 Å². The number of rotatable bonds is 5. The van der Waals surface area contributed by atoms with Crippen LogP contribution in [0.2, 0.25) is 0 Å². The SMILES string of the molecule is C#CC(=S)/C=C/C1=C(C=O)N(C)C(CC=O)C1C. The lowest BCUT2D eigenvalue weighted by atomic mass is 9.94. The number of hydrogen-bond acceptors (Lipinski definition) is 4. The minimum absolute atomic E-state index is 0.0155. The quantitative estimate of drug-likeness (QED) is 0.325. The molecule has 0 aliphatic carbocycles. The summed E-state index contributed by atoms with van der Waals surface area (Å²) in [6.45, 7) is 1.99. The summed E-state index contributed by atoms with van der Waals surface area (Å²) in [5.74, 6) is 2.44. The first kappa shape index (κ1) is 14.3. The molecule has 0 saturated heterocycles. The lowest BCUT2D eigenvalue weighted by Crippen LogP contribution is -2.30. The second-order valence-corrected chi connectivity index (χ2v) is 4.61. The molecule has 0 aromatic rings. The van der Waals surface area contributed by atoms with E-state index < -0.39 is 0 Å². The topological polar surface area (TPSA) is 37.4 Å². The molecule has 3 nitrogen and oxygen atoms in total. The van der Waals surface area contributed by atoms with Gasteiger partial charge in [0.1, 0.15) is 6.29 Å². The summed E-state index contributed by atoms with van der Waals surface area (Å²) in [7, 11) is 1.81. The van der Waals surface area contributed by atoms with Crippen molar-refractivity contribution in [1.29, 1.82) is 0 Å². The summed E-state index contributed by atoms with van der Waals surface area (Å²) in [5.41, 5.74) is 1.46. The summed E-state index contributed by atoms with van der Waals surface area (Å²) in [6, 6.07) is 0.0155. The van der Waals surface area contributed by atoms with Crippen molar-refractivity contribution in [3.8, 4) is 12.3 Å². The van der Waals surface area contributed by atoms with E-state index in [0.29, 0.717) is 17.0 Å². The molecule has 0 aromatic heterocycles. The number of aldehydes is 2. The Hall–Kier alpha value is -1.73. The Morgan fingerprint density at radius 3 is 2.72 bits per heavy atom. The van der Waals surface area contributed by atoms with E-state index in [4.69, 9.17) is 18.6 Å². The van der Waals surface area contributed by atoms with E-state index in [1.165, 1.54) is 0 Å². The van der Waals surface area contributed by atoms with E-state index >= 15 is 0 Å². The third kappa shape index (κ3) is 2.74. The van der Waals surface area contributed by atoms with Crippen LogP contribution in [-0.4, -0.2) is 35.4 Å². The Bertz CT molecular complexity index is 471.